The second kappa shape index (κ2) is 8.63. The van der Waals surface area contributed by atoms with Crippen molar-refractivity contribution in [2.75, 3.05) is 13.6 Å². The maximum Gasteiger partial charge on any atom is -0.00258 e. The van der Waals surface area contributed by atoms with Crippen LogP contribution in [0.1, 0.15) is 36.5 Å². The van der Waals surface area contributed by atoms with Crippen LogP contribution in [0.2, 0.25) is 0 Å². The first-order valence-corrected chi connectivity index (χ1v) is 8.04. The third-order valence-corrected chi connectivity index (χ3v) is 4.09. The van der Waals surface area contributed by atoms with Crippen molar-refractivity contribution in [2.24, 2.45) is 5.92 Å². The van der Waals surface area contributed by atoms with E-state index < -0.39 is 0 Å². The Labute approximate surface area is 129 Å². The zero-order chi connectivity index (χ0) is 14.9. The zero-order valence-electron chi connectivity index (χ0n) is 13.3. The highest BCUT2D eigenvalue weighted by atomic mass is 14.8. The van der Waals surface area contributed by atoms with E-state index in [1.807, 2.05) is 7.05 Å². The minimum atomic E-state index is 0.793. The van der Waals surface area contributed by atoms with Crippen LogP contribution in [-0.4, -0.2) is 13.6 Å². The average Bonchev–Trinajstić information content (AvgIpc) is 2.53. The Balaban J connectivity index is 1.82. The van der Waals surface area contributed by atoms with E-state index in [0.717, 1.165) is 18.9 Å². The summed E-state index contributed by atoms with van der Waals surface area (Å²) in [6.45, 7) is 3.47. The van der Waals surface area contributed by atoms with Gasteiger partial charge in [-0.3, -0.25) is 0 Å². The van der Waals surface area contributed by atoms with Crippen LogP contribution in [0.5, 0.6) is 0 Å². The predicted octanol–water partition coefficient (Wildman–Crippen LogP) is 4.46. The Kier molecular flexibility index (Phi) is 6.49. The van der Waals surface area contributed by atoms with Crippen LogP contribution in [0.15, 0.2) is 54.6 Å². The average molecular weight is 281 g/mol. The molecule has 0 heterocycles. The Morgan fingerprint density at radius 2 is 1.43 bits per heavy atom. The third-order valence-electron chi connectivity index (χ3n) is 4.09. The third kappa shape index (κ3) is 5.73. The van der Waals surface area contributed by atoms with E-state index in [2.05, 4.69) is 66.8 Å². The van der Waals surface area contributed by atoms with Crippen molar-refractivity contribution < 1.29 is 0 Å². The number of nitrogens with one attached hydrogen (secondary N) is 1. The van der Waals surface area contributed by atoms with Gasteiger partial charge in [0.15, 0.2) is 0 Å². The largest absolute Gasteiger partial charge is 0.320 e. The number of hydrogen-bond donors (Lipinski definition) is 1. The molecule has 2 aromatic carbocycles. The summed E-state index contributed by atoms with van der Waals surface area (Å²) in [6, 6.07) is 19.8. The number of benzene rings is 2. The summed E-state index contributed by atoms with van der Waals surface area (Å²) in [4.78, 5) is 0. The maximum atomic E-state index is 3.23. The fourth-order valence-electron chi connectivity index (χ4n) is 2.60. The molecule has 0 aliphatic rings. The predicted molar refractivity (Wildman–Crippen MR) is 91.7 cm³/mol. The van der Waals surface area contributed by atoms with Crippen LogP contribution >= 0.6 is 0 Å². The Morgan fingerprint density at radius 1 is 0.810 bits per heavy atom. The summed E-state index contributed by atoms with van der Waals surface area (Å²) in [5.41, 5.74) is 4.24. The van der Waals surface area contributed by atoms with Crippen molar-refractivity contribution in [2.45, 2.75) is 32.6 Å². The smallest absolute Gasteiger partial charge is 0.00258 e. The van der Waals surface area contributed by atoms with E-state index in [-0.39, 0.29) is 0 Å². The lowest BCUT2D eigenvalue weighted by atomic mass is 9.97. The molecule has 112 valence electrons. The Bertz CT molecular complexity index is 501. The standard InChI is InChI=1S/C20H27N/c1-17(14-15-21-2)8-9-18-10-12-20(13-11-18)16-19-6-4-3-5-7-19/h3-7,10-13,17,21H,8-9,14-16H2,1-2H3. The summed E-state index contributed by atoms with van der Waals surface area (Å²) < 4.78 is 0. The second-order valence-corrected chi connectivity index (χ2v) is 6.01. The summed E-state index contributed by atoms with van der Waals surface area (Å²) >= 11 is 0. The fraction of sp³-hybridized carbons (Fsp3) is 0.400. The molecular weight excluding hydrogens is 254 g/mol. The minimum absolute atomic E-state index is 0.793. The molecule has 0 saturated carbocycles. The Morgan fingerprint density at radius 3 is 2.10 bits per heavy atom. The summed E-state index contributed by atoms with van der Waals surface area (Å²) in [6.07, 6.45) is 4.76. The van der Waals surface area contributed by atoms with Gasteiger partial charge in [-0.25, -0.2) is 0 Å². The molecule has 0 fully saturated rings. The van der Waals surface area contributed by atoms with Crippen LogP contribution in [0, 0.1) is 5.92 Å². The molecule has 0 spiro atoms. The van der Waals surface area contributed by atoms with Crippen molar-refractivity contribution in [3.8, 4) is 0 Å². The molecule has 0 aromatic heterocycles. The normalized spacial score (nSPS) is 12.3. The van der Waals surface area contributed by atoms with Crippen LogP contribution in [0.25, 0.3) is 0 Å². The zero-order valence-corrected chi connectivity index (χ0v) is 13.3. The van der Waals surface area contributed by atoms with Crippen molar-refractivity contribution >= 4 is 0 Å². The molecule has 1 nitrogen and oxygen atoms in total. The topological polar surface area (TPSA) is 12.0 Å². The molecule has 0 bridgehead atoms. The van der Waals surface area contributed by atoms with E-state index in [4.69, 9.17) is 0 Å². The van der Waals surface area contributed by atoms with E-state index in [1.165, 1.54) is 36.0 Å². The summed E-state index contributed by atoms with van der Waals surface area (Å²) in [5, 5.41) is 3.23. The summed E-state index contributed by atoms with van der Waals surface area (Å²) in [7, 11) is 2.03. The lowest BCUT2D eigenvalue weighted by molar-refractivity contribution is 0.482. The van der Waals surface area contributed by atoms with Gasteiger partial charge in [-0.2, -0.15) is 0 Å². The highest BCUT2D eigenvalue weighted by Crippen LogP contribution is 2.15. The molecule has 1 heteroatoms. The van der Waals surface area contributed by atoms with Gasteiger partial charge in [0.25, 0.3) is 0 Å². The Hall–Kier alpha value is -1.60. The molecule has 0 amide bonds. The highest BCUT2D eigenvalue weighted by Gasteiger charge is 2.03. The monoisotopic (exact) mass is 281 g/mol. The quantitative estimate of drug-likeness (QED) is 0.753. The van der Waals surface area contributed by atoms with E-state index in [9.17, 15) is 0 Å². The molecule has 1 N–H and O–H groups in total. The number of hydrogen-bond acceptors (Lipinski definition) is 1. The van der Waals surface area contributed by atoms with Gasteiger partial charge in [-0.05, 0) is 61.9 Å². The lowest BCUT2D eigenvalue weighted by Gasteiger charge is -2.11. The molecule has 0 aliphatic carbocycles. The van der Waals surface area contributed by atoms with Crippen LogP contribution in [-0.2, 0) is 12.8 Å². The lowest BCUT2D eigenvalue weighted by Crippen LogP contribution is -2.11. The highest BCUT2D eigenvalue weighted by molar-refractivity contribution is 5.28. The molecule has 1 unspecified atom stereocenters. The van der Waals surface area contributed by atoms with Crippen molar-refractivity contribution in [3.63, 3.8) is 0 Å². The maximum absolute atomic E-state index is 3.23. The van der Waals surface area contributed by atoms with Gasteiger partial charge in [0.2, 0.25) is 0 Å². The van der Waals surface area contributed by atoms with E-state index >= 15 is 0 Å². The second-order valence-electron chi connectivity index (χ2n) is 6.01. The van der Waals surface area contributed by atoms with Crippen LogP contribution in [0.4, 0.5) is 0 Å². The molecular formula is C20H27N. The first kappa shape index (κ1) is 15.8. The number of aryl methyl sites for hydroxylation is 1. The first-order valence-electron chi connectivity index (χ1n) is 8.04. The van der Waals surface area contributed by atoms with Crippen LogP contribution < -0.4 is 5.32 Å². The van der Waals surface area contributed by atoms with E-state index in [1.54, 1.807) is 0 Å². The van der Waals surface area contributed by atoms with Gasteiger partial charge in [0, 0.05) is 0 Å². The van der Waals surface area contributed by atoms with E-state index in [0.29, 0.717) is 0 Å². The summed E-state index contributed by atoms with van der Waals surface area (Å²) in [5.74, 6) is 0.793. The van der Waals surface area contributed by atoms with Crippen molar-refractivity contribution in [1.82, 2.24) is 5.32 Å². The fourth-order valence-corrected chi connectivity index (χ4v) is 2.60. The minimum Gasteiger partial charge on any atom is -0.320 e. The van der Waals surface area contributed by atoms with Gasteiger partial charge >= 0.3 is 0 Å². The molecule has 2 aromatic rings. The van der Waals surface area contributed by atoms with Gasteiger partial charge < -0.3 is 5.32 Å². The molecule has 0 radical (unpaired) electrons. The molecule has 21 heavy (non-hydrogen) atoms. The molecule has 0 aliphatic heterocycles. The molecule has 1 atom stereocenters. The van der Waals surface area contributed by atoms with Gasteiger partial charge in [-0.15, -0.1) is 0 Å². The van der Waals surface area contributed by atoms with Gasteiger partial charge in [0.1, 0.15) is 0 Å². The SMILES string of the molecule is CNCCC(C)CCc1ccc(Cc2ccccc2)cc1. The first-order chi connectivity index (χ1) is 10.3. The number of rotatable bonds is 8. The molecule has 2 rings (SSSR count). The van der Waals surface area contributed by atoms with Gasteiger partial charge in [0.05, 0.1) is 0 Å². The van der Waals surface area contributed by atoms with Crippen LogP contribution in [0.3, 0.4) is 0 Å². The van der Waals surface area contributed by atoms with Gasteiger partial charge in [-0.1, -0.05) is 61.5 Å². The molecule has 0 saturated heterocycles. The van der Waals surface area contributed by atoms with Crippen molar-refractivity contribution in [1.29, 1.82) is 0 Å². The van der Waals surface area contributed by atoms with Crippen molar-refractivity contribution in [3.05, 3.63) is 71.3 Å².